The van der Waals surface area contributed by atoms with E-state index in [1.54, 1.807) is 0 Å². The van der Waals surface area contributed by atoms with Crippen LogP contribution in [0.25, 0.3) is 0 Å². The first-order valence-electron chi connectivity index (χ1n) is 7.50. The molecule has 1 aliphatic heterocycles. The number of imide groups is 1. The summed E-state index contributed by atoms with van der Waals surface area (Å²) in [6.07, 6.45) is 2.95. The highest BCUT2D eigenvalue weighted by molar-refractivity contribution is 6.00. The van der Waals surface area contributed by atoms with Crippen LogP contribution >= 0.6 is 0 Å². The Balaban J connectivity index is 1.94. The van der Waals surface area contributed by atoms with Crippen molar-refractivity contribution in [2.45, 2.75) is 44.9 Å². The second kappa shape index (κ2) is 5.04. The Morgan fingerprint density at radius 3 is 2.50 bits per heavy atom. The third kappa shape index (κ3) is 2.49. The average Bonchev–Trinajstić information content (AvgIpc) is 3.21. The lowest BCUT2D eigenvalue weighted by Gasteiger charge is -2.33. The van der Waals surface area contributed by atoms with Gasteiger partial charge in [0.1, 0.15) is 0 Å². The highest BCUT2D eigenvalue weighted by Crippen LogP contribution is 2.42. The number of piperidine rings is 1. The molecule has 2 atom stereocenters. The van der Waals surface area contributed by atoms with Crippen molar-refractivity contribution >= 4 is 11.8 Å². The van der Waals surface area contributed by atoms with E-state index in [4.69, 9.17) is 0 Å². The summed E-state index contributed by atoms with van der Waals surface area (Å²) in [5.41, 5.74) is 2.51. The van der Waals surface area contributed by atoms with Crippen LogP contribution in [-0.4, -0.2) is 11.8 Å². The van der Waals surface area contributed by atoms with Crippen molar-refractivity contribution in [1.82, 2.24) is 5.32 Å². The van der Waals surface area contributed by atoms with E-state index < -0.39 is 0 Å². The number of rotatable bonds is 3. The van der Waals surface area contributed by atoms with Crippen LogP contribution in [0.5, 0.6) is 0 Å². The number of benzene rings is 1. The van der Waals surface area contributed by atoms with Crippen LogP contribution < -0.4 is 5.32 Å². The van der Waals surface area contributed by atoms with Crippen molar-refractivity contribution in [1.29, 1.82) is 0 Å². The Bertz CT molecular complexity index is 546. The smallest absolute Gasteiger partial charge is 0.230 e. The quantitative estimate of drug-likeness (QED) is 0.859. The van der Waals surface area contributed by atoms with Crippen LogP contribution in [0, 0.1) is 11.8 Å². The predicted octanol–water partition coefficient (Wildman–Crippen LogP) is 2.97. The summed E-state index contributed by atoms with van der Waals surface area (Å²) in [6, 6.07) is 8.51. The lowest BCUT2D eigenvalue weighted by Crippen LogP contribution is -2.46. The largest absolute Gasteiger partial charge is 0.296 e. The fourth-order valence-corrected chi connectivity index (χ4v) is 3.33. The first-order chi connectivity index (χ1) is 9.56. The average molecular weight is 271 g/mol. The first kappa shape index (κ1) is 13.3. The number of carbonyl (C=O) groups is 2. The molecular formula is C17H21NO2. The molecule has 1 heterocycles. The molecular weight excluding hydrogens is 250 g/mol. The summed E-state index contributed by atoms with van der Waals surface area (Å²) < 4.78 is 0. The molecule has 1 aromatic carbocycles. The predicted molar refractivity (Wildman–Crippen MR) is 77.3 cm³/mol. The van der Waals surface area contributed by atoms with Crippen molar-refractivity contribution < 1.29 is 9.59 Å². The van der Waals surface area contributed by atoms with Crippen LogP contribution in [-0.2, 0) is 9.59 Å². The summed E-state index contributed by atoms with van der Waals surface area (Å²) in [7, 11) is 0. The first-order valence-corrected chi connectivity index (χ1v) is 7.50. The van der Waals surface area contributed by atoms with E-state index in [0.717, 1.165) is 5.56 Å². The lowest BCUT2D eigenvalue weighted by molar-refractivity contribution is -0.138. The third-order valence-electron chi connectivity index (χ3n) is 4.51. The minimum atomic E-state index is -0.145. The Morgan fingerprint density at radius 2 is 1.85 bits per heavy atom. The Kier molecular flexibility index (Phi) is 3.36. The van der Waals surface area contributed by atoms with Crippen LogP contribution in [0.2, 0.25) is 0 Å². The van der Waals surface area contributed by atoms with Crippen LogP contribution in [0.3, 0.4) is 0 Å². The maximum Gasteiger partial charge on any atom is 0.230 e. The topological polar surface area (TPSA) is 46.2 Å². The van der Waals surface area contributed by atoms with Crippen molar-refractivity contribution in [2.24, 2.45) is 11.8 Å². The van der Waals surface area contributed by atoms with E-state index in [2.05, 4.69) is 43.4 Å². The normalized spacial score (nSPS) is 26.8. The van der Waals surface area contributed by atoms with Crippen LogP contribution in [0.4, 0.5) is 0 Å². The second-order valence-electron chi connectivity index (χ2n) is 6.44. The van der Waals surface area contributed by atoms with Gasteiger partial charge in [0.25, 0.3) is 0 Å². The highest BCUT2D eigenvalue weighted by Gasteiger charge is 2.38. The molecule has 1 aromatic rings. The van der Waals surface area contributed by atoms with Crippen LogP contribution in [0.15, 0.2) is 24.3 Å². The molecule has 3 heteroatoms. The molecule has 2 amide bonds. The fraction of sp³-hybridized carbons (Fsp3) is 0.529. The van der Waals surface area contributed by atoms with E-state index in [0.29, 0.717) is 12.3 Å². The molecule has 1 saturated carbocycles. The molecule has 0 spiro atoms. The Hall–Kier alpha value is -1.64. The van der Waals surface area contributed by atoms with Gasteiger partial charge in [0.05, 0.1) is 0 Å². The van der Waals surface area contributed by atoms with E-state index in [1.165, 1.54) is 18.4 Å². The molecule has 1 aliphatic carbocycles. The number of hydrogen-bond acceptors (Lipinski definition) is 2. The minimum absolute atomic E-state index is 0.0231. The monoisotopic (exact) mass is 271 g/mol. The maximum absolute atomic E-state index is 12.1. The van der Waals surface area contributed by atoms with Gasteiger partial charge >= 0.3 is 0 Å². The van der Waals surface area contributed by atoms with Gasteiger partial charge in [-0.1, -0.05) is 38.1 Å². The minimum Gasteiger partial charge on any atom is -0.296 e. The second-order valence-corrected chi connectivity index (χ2v) is 6.44. The summed E-state index contributed by atoms with van der Waals surface area (Å²) in [4.78, 5) is 23.9. The summed E-state index contributed by atoms with van der Waals surface area (Å²) in [5, 5.41) is 2.48. The fourth-order valence-electron chi connectivity index (χ4n) is 3.33. The van der Waals surface area contributed by atoms with E-state index in [1.807, 2.05) is 0 Å². The molecule has 2 unspecified atom stereocenters. The summed E-state index contributed by atoms with van der Waals surface area (Å²) >= 11 is 0. The molecule has 2 fully saturated rings. The zero-order valence-electron chi connectivity index (χ0n) is 12.1. The van der Waals surface area contributed by atoms with Gasteiger partial charge in [-0.15, -0.1) is 0 Å². The highest BCUT2D eigenvalue weighted by atomic mass is 16.2. The molecule has 1 saturated heterocycles. The van der Waals surface area contributed by atoms with Gasteiger partial charge in [-0.05, 0) is 35.8 Å². The molecule has 3 rings (SSSR count). The van der Waals surface area contributed by atoms with E-state index >= 15 is 0 Å². The molecule has 106 valence electrons. The molecule has 0 aromatic heterocycles. The summed E-state index contributed by atoms with van der Waals surface area (Å²) in [5.74, 6) is 0.585. The molecule has 20 heavy (non-hydrogen) atoms. The zero-order chi connectivity index (χ0) is 14.3. The van der Waals surface area contributed by atoms with Gasteiger partial charge < -0.3 is 0 Å². The molecule has 3 nitrogen and oxygen atoms in total. The van der Waals surface area contributed by atoms with Gasteiger partial charge in [0.15, 0.2) is 0 Å². The molecule has 1 N–H and O–H groups in total. The maximum atomic E-state index is 12.1. The van der Waals surface area contributed by atoms with Gasteiger partial charge in [-0.3, -0.25) is 14.9 Å². The van der Waals surface area contributed by atoms with Gasteiger partial charge in [-0.2, -0.15) is 0 Å². The molecule has 2 aliphatic rings. The van der Waals surface area contributed by atoms with E-state index in [9.17, 15) is 9.59 Å². The van der Waals surface area contributed by atoms with Gasteiger partial charge in [0.2, 0.25) is 11.8 Å². The summed E-state index contributed by atoms with van der Waals surface area (Å²) in [6.45, 7) is 4.11. The number of amides is 2. The molecule has 0 radical (unpaired) electrons. The van der Waals surface area contributed by atoms with Crippen molar-refractivity contribution in [3.05, 3.63) is 35.4 Å². The molecule has 0 bridgehead atoms. The van der Waals surface area contributed by atoms with Crippen molar-refractivity contribution in [2.75, 3.05) is 0 Å². The third-order valence-corrected chi connectivity index (χ3v) is 4.51. The number of carbonyl (C=O) groups excluding carboxylic acids is 2. The van der Waals surface area contributed by atoms with Gasteiger partial charge in [0, 0.05) is 18.3 Å². The zero-order valence-corrected chi connectivity index (χ0v) is 12.1. The Labute approximate surface area is 119 Å². The standard InChI is InChI=1S/C17H21NO2/c1-10(2)16-14(9-15(19)18-17(16)20)13-5-3-4-12(8-13)11-6-7-11/h3-5,8,10-11,14,16H,6-7,9H2,1-2H3,(H,18,19,20). The van der Waals surface area contributed by atoms with E-state index in [-0.39, 0.29) is 29.6 Å². The SMILES string of the molecule is CC(C)C1C(=O)NC(=O)CC1c1cccc(C2CC2)c1. The number of hydrogen-bond donors (Lipinski definition) is 1. The van der Waals surface area contributed by atoms with Gasteiger partial charge in [-0.25, -0.2) is 0 Å². The van der Waals surface area contributed by atoms with Crippen molar-refractivity contribution in [3.8, 4) is 0 Å². The number of nitrogens with one attached hydrogen (secondary N) is 1. The van der Waals surface area contributed by atoms with Crippen molar-refractivity contribution in [3.63, 3.8) is 0 Å². The Morgan fingerprint density at radius 1 is 1.15 bits per heavy atom. The lowest BCUT2D eigenvalue weighted by atomic mass is 9.74. The van der Waals surface area contributed by atoms with Crippen LogP contribution in [0.1, 0.15) is 56.1 Å².